The number of carboxylic acid groups (broad SMARTS) is 1. The third kappa shape index (κ3) is 3.57. The number of rotatable bonds is 5. The first-order chi connectivity index (χ1) is 11.1. The maximum absolute atomic E-state index is 11.5. The lowest BCUT2D eigenvalue weighted by atomic mass is 10.1. The van der Waals surface area contributed by atoms with Gasteiger partial charge in [0.1, 0.15) is 27.9 Å². The fourth-order valence-corrected chi connectivity index (χ4v) is 3.09. The summed E-state index contributed by atoms with van der Waals surface area (Å²) < 4.78 is 5.64. The highest BCUT2D eigenvalue weighted by molar-refractivity contribution is 7.17. The average molecular weight is 325 g/mol. The fraction of sp³-hybridized carbons (Fsp3) is 0.111. The molecule has 0 unspecified atom stereocenters. The molecule has 3 rings (SSSR count). The van der Waals surface area contributed by atoms with Crippen LogP contribution < -0.4 is 4.74 Å². The van der Waals surface area contributed by atoms with E-state index >= 15 is 0 Å². The molecule has 0 atom stereocenters. The van der Waals surface area contributed by atoms with Crippen LogP contribution in [0.4, 0.5) is 0 Å². The number of carboxylic acids is 1. The van der Waals surface area contributed by atoms with E-state index in [0.29, 0.717) is 16.5 Å². The smallest absolute Gasteiger partial charge is 0.347 e. The van der Waals surface area contributed by atoms with Gasteiger partial charge in [0, 0.05) is 5.56 Å². The Labute approximate surface area is 138 Å². The van der Waals surface area contributed by atoms with Crippen LogP contribution in [0.2, 0.25) is 0 Å². The molecule has 1 N–H and O–H groups in total. The number of aromatic nitrogens is 1. The SMILES string of the molecule is Cc1cccc(-c2nc(COc3ccccc3)c(C(=O)O)s2)c1. The van der Waals surface area contributed by atoms with Crippen molar-refractivity contribution >= 4 is 17.3 Å². The monoisotopic (exact) mass is 325 g/mol. The molecule has 1 aromatic heterocycles. The van der Waals surface area contributed by atoms with E-state index in [1.807, 2.05) is 61.5 Å². The van der Waals surface area contributed by atoms with Crippen molar-refractivity contribution in [2.75, 3.05) is 0 Å². The van der Waals surface area contributed by atoms with Gasteiger partial charge in [-0.2, -0.15) is 0 Å². The normalized spacial score (nSPS) is 10.5. The summed E-state index contributed by atoms with van der Waals surface area (Å²) in [4.78, 5) is 16.1. The summed E-state index contributed by atoms with van der Waals surface area (Å²) in [6.45, 7) is 2.13. The molecule has 5 heteroatoms. The molecule has 0 saturated heterocycles. The molecule has 1 heterocycles. The Morgan fingerprint density at radius 2 is 1.96 bits per heavy atom. The molecule has 0 aliphatic heterocycles. The van der Waals surface area contributed by atoms with E-state index in [1.165, 1.54) is 11.3 Å². The number of carbonyl (C=O) groups is 1. The molecular weight excluding hydrogens is 310 g/mol. The third-order valence-corrected chi connectivity index (χ3v) is 4.41. The summed E-state index contributed by atoms with van der Waals surface area (Å²) in [5.41, 5.74) is 2.47. The van der Waals surface area contributed by atoms with Gasteiger partial charge in [-0.1, -0.05) is 42.0 Å². The van der Waals surface area contributed by atoms with E-state index in [1.54, 1.807) is 0 Å². The molecule has 0 radical (unpaired) electrons. The highest BCUT2D eigenvalue weighted by Crippen LogP contribution is 2.29. The molecule has 3 aromatic rings. The predicted molar refractivity (Wildman–Crippen MR) is 90.0 cm³/mol. The van der Waals surface area contributed by atoms with Crippen LogP contribution in [0.3, 0.4) is 0 Å². The van der Waals surface area contributed by atoms with Gasteiger partial charge in [0.2, 0.25) is 0 Å². The number of thiazole rings is 1. The number of hydrogen-bond acceptors (Lipinski definition) is 4. The molecule has 4 nitrogen and oxygen atoms in total. The Hall–Kier alpha value is -2.66. The topological polar surface area (TPSA) is 59.4 Å². The first-order valence-electron chi connectivity index (χ1n) is 7.11. The van der Waals surface area contributed by atoms with Gasteiger partial charge >= 0.3 is 5.97 Å². The Morgan fingerprint density at radius 1 is 1.17 bits per heavy atom. The minimum atomic E-state index is -0.979. The molecule has 2 aromatic carbocycles. The van der Waals surface area contributed by atoms with Crippen molar-refractivity contribution in [2.45, 2.75) is 13.5 Å². The van der Waals surface area contributed by atoms with E-state index in [0.717, 1.165) is 11.1 Å². The Kier molecular flexibility index (Phi) is 4.39. The Balaban J connectivity index is 1.88. The lowest BCUT2D eigenvalue weighted by molar-refractivity contribution is 0.0699. The zero-order valence-corrected chi connectivity index (χ0v) is 13.3. The van der Waals surface area contributed by atoms with Crippen LogP contribution in [-0.4, -0.2) is 16.1 Å². The molecule has 116 valence electrons. The standard InChI is InChI=1S/C18H15NO3S/c1-12-6-5-7-13(10-12)17-19-15(16(23-17)18(20)21)11-22-14-8-3-2-4-9-14/h2-10H,11H2,1H3,(H,20,21). The zero-order valence-electron chi connectivity index (χ0n) is 12.5. The van der Waals surface area contributed by atoms with Crippen molar-refractivity contribution in [1.82, 2.24) is 4.98 Å². The fourth-order valence-electron chi connectivity index (χ4n) is 2.19. The molecule has 0 aliphatic rings. The van der Waals surface area contributed by atoms with E-state index in [2.05, 4.69) is 4.98 Å². The van der Waals surface area contributed by atoms with Crippen molar-refractivity contribution in [3.63, 3.8) is 0 Å². The van der Waals surface area contributed by atoms with Crippen molar-refractivity contribution in [3.05, 3.63) is 70.7 Å². The van der Waals surface area contributed by atoms with E-state index in [4.69, 9.17) is 4.74 Å². The van der Waals surface area contributed by atoms with Gasteiger partial charge in [-0.25, -0.2) is 9.78 Å². The average Bonchev–Trinajstić information content (AvgIpc) is 2.98. The number of benzene rings is 2. The van der Waals surface area contributed by atoms with Gasteiger partial charge in [0.05, 0.1) is 0 Å². The van der Waals surface area contributed by atoms with Crippen LogP contribution in [0.15, 0.2) is 54.6 Å². The van der Waals surface area contributed by atoms with Crippen LogP contribution in [0.25, 0.3) is 10.6 Å². The lowest BCUT2D eigenvalue weighted by Crippen LogP contribution is -2.03. The van der Waals surface area contributed by atoms with Gasteiger partial charge in [0.25, 0.3) is 0 Å². The van der Waals surface area contributed by atoms with Crippen LogP contribution in [-0.2, 0) is 6.61 Å². The second kappa shape index (κ2) is 6.62. The molecule has 0 amide bonds. The second-order valence-electron chi connectivity index (χ2n) is 5.07. The first-order valence-corrected chi connectivity index (χ1v) is 7.93. The molecule has 0 fully saturated rings. The highest BCUT2D eigenvalue weighted by atomic mass is 32.1. The Bertz CT molecular complexity index is 827. The number of ether oxygens (including phenoxy) is 1. The summed E-state index contributed by atoms with van der Waals surface area (Å²) in [5, 5.41) is 10.1. The van der Waals surface area contributed by atoms with Crippen molar-refractivity contribution in [2.24, 2.45) is 0 Å². The molecule has 0 spiro atoms. The molecular formula is C18H15NO3S. The van der Waals surface area contributed by atoms with Crippen molar-refractivity contribution in [3.8, 4) is 16.3 Å². The molecule has 23 heavy (non-hydrogen) atoms. The van der Waals surface area contributed by atoms with Gasteiger partial charge < -0.3 is 9.84 Å². The van der Waals surface area contributed by atoms with E-state index < -0.39 is 5.97 Å². The maximum Gasteiger partial charge on any atom is 0.347 e. The zero-order chi connectivity index (χ0) is 16.2. The number of aromatic carboxylic acids is 1. The van der Waals surface area contributed by atoms with Crippen molar-refractivity contribution < 1.29 is 14.6 Å². The van der Waals surface area contributed by atoms with Crippen LogP contribution >= 0.6 is 11.3 Å². The van der Waals surface area contributed by atoms with E-state index in [-0.39, 0.29) is 11.5 Å². The Morgan fingerprint density at radius 3 is 2.65 bits per heavy atom. The van der Waals surface area contributed by atoms with Crippen LogP contribution in [0.1, 0.15) is 20.9 Å². The predicted octanol–water partition coefficient (Wildman–Crippen LogP) is 4.40. The lowest BCUT2D eigenvalue weighted by Gasteiger charge is -2.04. The quantitative estimate of drug-likeness (QED) is 0.755. The number of para-hydroxylation sites is 1. The van der Waals surface area contributed by atoms with Gasteiger partial charge in [0.15, 0.2) is 0 Å². The maximum atomic E-state index is 11.5. The summed E-state index contributed by atoms with van der Waals surface area (Å²) in [7, 11) is 0. The van der Waals surface area contributed by atoms with Gasteiger partial charge in [-0.3, -0.25) is 0 Å². The van der Waals surface area contributed by atoms with E-state index in [9.17, 15) is 9.90 Å². The highest BCUT2D eigenvalue weighted by Gasteiger charge is 2.18. The van der Waals surface area contributed by atoms with Gasteiger partial charge in [-0.15, -0.1) is 11.3 Å². The molecule has 0 aliphatic carbocycles. The largest absolute Gasteiger partial charge is 0.487 e. The minimum Gasteiger partial charge on any atom is -0.487 e. The summed E-state index contributed by atoms with van der Waals surface area (Å²) >= 11 is 1.17. The van der Waals surface area contributed by atoms with Crippen LogP contribution in [0, 0.1) is 6.92 Å². The summed E-state index contributed by atoms with van der Waals surface area (Å²) in [5.74, 6) is -0.290. The number of nitrogens with zero attached hydrogens (tertiary/aromatic N) is 1. The van der Waals surface area contributed by atoms with Gasteiger partial charge in [-0.05, 0) is 25.1 Å². The summed E-state index contributed by atoms with van der Waals surface area (Å²) in [6, 6.07) is 17.1. The number of aryl methyl sites for hydroxylation is 1. The summed E-state index contributed by atoms with van der Waals surface area (Å²) in [6.07, 6.45) is 0. The molecule has 0 bridgehead atoms. The first kappa shape index (κ1) is 15.2. The second-order valence-corrected chi connectivity index (χ2v) is 6.07. The van der Waals surface area contributed by atoms with Crippen LogP contribution in [0.5, 0.6) is 5.75 Å². The third-order valence-electron chi connectivity index (χ3n) is 3.28. The molecule has 0 saturated carbocycles. The number of hydrogen-bond donors (Lipinski definition) is 1. The van der Waals surface area contributed by atoms with Crippen molar-refractivity contribution in [1.29, 1.82) is 0 Å². The minimum absolute atomic E-state index is 0.133.